The standard InChI is InChI=1S/C14H17N3O3S/c18-21(19)7-4-11(9-21)17-13(10-3-6-20-8-10)16-12-2-1-5-15-14(12)17/h1-2,5,10-11H,3-4,6-9H2. The molecule has 2 aromatic rings. The van der Waals surface area contributed by atoms with E-state index in [0.717, 1.165) is 30.0 Å². The van der Waals surface area contributed by atoms with E-state index in [1.807, 2.05) is 12.1 Å². The highest BCUT2D eigenvalue weighted by Crippen LogP contribution is 2.33. The third kappa shape index (κ3) is 2.24. The zero-order valence-electron chi connectivity index (χ0n) is 11.6. The van der Waals surface area contributed by atoms with E-state index in [-0.39, 0.29) is 23.5 Å². The molecule has 0 saturated carbocycles. The maximum atomic E-state index is 11.8. The molecule has 0 N–H and O–H groups in total. The number of fused-ring (bicyclic) bond motifs is 1. The van der Waals surface area contributed by atoms with E-state index in [1.165, 1.54) is 0 Å². The van der Waals surface area contributed by atoms with Crippen molar-refractivity contribution in [1.29, 1.82) is 0 Å². The molecule has 0 radical (unpaired) electrons. The Hall–Kier alpha value is -1.47. The molecule has 2 fully saturated rings. The SMILES string of the molecule is O=S1(=O)CCC(n2c(C3CCOC3)nc3cccnc32)C1. The fourth-order valence-corrected chi connectivity index (χ4v) is 5.01. The van der Waals surface area contributed by atoms with Crippen molar-refractivity contribution < 1.29 is 13.2 Å². The maximum absolute atomic E-state index is 11.8. The van der Waals surface area contributed by atoms with Crippen LogP contribution in [0.5, 0.6) is 0 Å². The van der Waals surface area contributed by atoms with Crippen molar-refractivity contribution >= 4 is 21.0 Å². The number of rotatable bonds is 2. The fraction of sp³-hybridized carbons (Fsp3) is 0.571. The summed E-state index contributed by atoms with van der Waals surface area (Å²) in [6.07, 6.45) is 3.31. The summed E-state index contributed by atoms with van der Waals surface area (Å²) < 4.78 is 31.2. The van der Waals surface area contributed by atoms with Crippen LogP contribution in [0, 0.1) is 0 Å². The Morgan fingerprint density at radius 1 is 1.33 bits per heavy atom. The monoisotopic (exact) mass is 307 g/mol. The van der Waals surface area contributed by atoms with Gasteiger partial charge in [-0.3, -0.25) is 0 Å². The number of aromatic nitrogens is 3. The van der Waals surface area contributed by atoms with Crippen LogP contribution in [0.3, 0.4) is 0 Å². The van der Waals surface area contributed by atoms with Gasteiger partial charge in [-0.2, -0.15) is 0 Å². The van der Waals surface area contributed by atoms with E-state index >= 15 is 0 Å². The van der Waals surface area contributed by atoms with Gasteiger partial charge >= 0.3 is 0 Å². The summed E-state index contributed by atoms with van der Waals surface area (Å²) in [7, 11) is -2.94. The highest BCUT2D eigenvalue weighted by Gasteiger charge is 2.34. The summed E-state index contributed by atoms with van der Waals surface area (Å²) in [5, 5.41) is 0. The summed E-state index contributed by atoms with van der Waals surface area (Å²) >= 11 is 0. The van der Waals surface area contributed by atoms with Gasteiger partial charge in [0.15, 0.2) is 15.5 Å². The van der Waals surface area contributed by atoms with Gasteiger partial charge < -0.3 is 9.30 Å². The Morgan fingerprint density at radius 3 is 2.95 bits per heavy atom. The maximum Gasteiger partial charge on any atom is 0.160 e. The van der Waals surface area contributed by atoms with Crippen LogP contribution < -0.4 is 0 Å². The van der Waals surface area contributed by atoms with Gasteiger partial charge in [-0.1, -0.05) is 0 Å². The average Bonchev–Trinajstić information content (AvgIpc) is 3.15. The number of hydrogen-bond donors (Lipinski definition) is 0. The van der Waals surface area contributed by atoms with E-state index in [2.05, 4.69) is 9.55 Å². The molecule has 2 atom stereocenters. The minimum atomic E-state index is -2.94. The molecule has 2 unspecified atom stereocenters. The number of pyridine rings is 1. The summed E-state index contributed by atoms with van der Waals surface area (Å²) in [6, 6.07) is 3.74. The molecule has 0 bridgehead atoms. The topological polar surface area (TPSA) is 74.1 Å². The second kappa shape index (κ2) is 4.78. The Morgan fingerprint density at radius 2 is 2.24 bits per heavy atom. The molecule has 2 saturated heterocycles. The molecule has 2 aliphatic heterocycles. The summed E-state index contributed by atoms with van der Waals surface area (Å²) in [5.74, 6) is 1.62. The van der Waals surface area contributed by atoms with E-state index in [1.54, 1.807) is 6.20 Å². The Kier molecular flexibility index (Phi) is 3.00. The third-order valence-electron chi connectivity index (χ3n) is 4.34. The molecule has 2 aromatic heterocycles. The number of hydrogen-bond acceptors (Lipinski definition) is 5. The highest BCUT2D eigenvalue weighted by molar-refractivity contribution is 7.91. The van der Waals surface area contributed by atoms with Crippen LogP contribution >= 0.6 is 0 Å². The molecule has 0 spiro atoms. The van der Waals surface area contributed by atoms with E-state index < -0.39 is 9.84 Å². The number of imidazole rings is 1. The third-order valence-corrected chi connectivity index (χ3v) is 6.09. The van der Waals surface area contributed by atoms with Gasteiger partial charge in [-0.15, -0.1) is 0 Å². The lowest BCUT2D eigenvalue weighted by Gasteiger charge is -2.17. The van der Waals surface area contributed by atoms with E-state index in [4.69, 9.17) is 9.72 Å². The van der Waals surface area contributed by atoms with Crippen LogP contribution in [0.25, 0.3) is 11.2 Å². The highest BCUT2D eigenvalue weighted by atomic mass is 32.2. The van der Waals surface area contributed by atoms with Crippen LogP contribution in [-0.2, 0) is 14.6 Å². The molecule has 0 aromatic carbocycles. The van der Waals surface area contributed by atoms with Crippen LogP contribution in [0.4, 0.5) is 0 Å². The van der Waals surface area contributed by atoms with Gasteiger partial charge in [-0.05, 0) is 25.0 Å². The largest absolute Gasteiger partial charge is 0.381 e. The zero-order chi connectivity index (χ0) is 14.4. The normalized spacial score (nSPS) is 28.4. The van der Waals surface area contributed by atoms with Crippen molar-refractivity contribution in [2.45, 2.75) is 24.8 Å². The molecule has 0 amide bonds. The predicted octanol–water partition coefficient (Wildman–Crippen LogP) is 1.29. The first-order chi connectivity index (χ1) is 10.1. The first-order valence-electron chi connectivity index (χ1n) is 7.25. The Bertz CT molecular complexity index is 778. The molecule has 7 heteroatoms. The van der Waals surface area contributed by atoms with Gasteiger partial charge in [0, 0.05) is 18.7 Å². The molecule has 0 aliphatic carbocycles. The minimum absolute atomic E-state index is 0.0505. The first-order valence-corrected chi connectivity index (χ1v) is 9.07. The number of ether oxygens (including phenoxy) is 1. The summed E-state index contributed by atoms with van der Waals surface area (Å²) in [4.78, 5) is 9.14. The Labute approximate surface area is 123 Å². The summed E-state index contributed by atoms with van der Waals surface area (Å²) in [6.45, 7) is 1.40. The number of sulfone groups is 1. The van der Waals surface area contributed by atoms with Gasteiger partial charge in [-0.25, -0.2) is 18.4 Å². The van der Waals surface area contributed by atoms with Gasteiger partial charge in [0.25, 0.3) is 0 Å². The summed E-state index contributed by atoms with van der Waals surface area (Å²) in [5.41, 5.74) is 1.63. The zero-order valence-corrected chi connectivity index (χ0v) is 12.4. The van der Waals surface area contributed by atoms with Gasteiger partial charge in [0.2, 0.25) is 0 Å². The smallest absolute Gasteiger partial charge is 0.160 e. The second-order valence-electron chi connectivity index (χ2n) is 5.80. The Balaban J connectivity index is 1.86. The molecular formula is C14H17N3O3S. The van der Waals surface area contributed by atoms with Crippen molar-refractivity contribution in [3.63, 3.8) is 0 Å². The lowest BCUT2D eigenvalue weighted by atomic mass is 10.1. The van der Waals surface area contributed by atoms with Crippen molar-refractivity contribution in [2.24, 2.45) is 0 Å². The quantitative estimate of drug-likeness (QED) is 0.836. The fourth-order valence-electron chi connectivity index (χ4n) is 3.31. The van der Waals surface area contributed by atoms with Gasteiger partial charge in [0.1, 0.15) is 11.3 Å². The lowest BCUT2D eigenvalue weighted by molar-refractivity contribution is 0.192. The van der Waals surface area contributed by atoms with Crippen molar-refractivity contribution in [2.75, 3.05) is 24.7 Å². The molecule has 4 heterocycles. The van der Waals surface area contributed by atoms with E-state index in [9.17, 15) is 8.42 Å². The molecule has 112 valence electrons. The molecule has 21 heavy (non-hydrogen) atoms. The average molecular weight is 307 g/mol. The second-order valence-corrected chi connectivity index (χ2v) is 8.03. The minimum Gasteiger partial charge on any atom is -0.381 e. The predicted molar refractivity (Wildman–Crippen MR) is 78.0 cm³/mol. The van der Waals surface area contributed by atoms with Crippen LogP contribution in [0.15, 0.2) is 18.3 Å². The molecule has 6 nitrogen and oxygen atoms in total. The number of nitrogens with zero attached hydrogens (tertiary/aromatic N) is 3. The van der Waals surface area contributed by atoms with E-state index in [0.29, 0.717) is 13.0 Å². The van der Waals surface area contributed by atoms with Crippen molar-refractivity contribution in [1.82, 2.24) is 14.5 Å². The van der Waals surface area contributed by atoms with Crippen LogP contribution in [0.2, 0.25) is 0 Å². The van der Waals surface area contributed by atoms with Crippen molar-refractivity contribution in [3.8, 4) is 0 Å². The van der Waals surface area contributed by atoms with Crippen molar-refractivity contribution in [3.05, 3.63) is 24.2 Å². The molecule has 4 rings (SSSR count). The lowest BCUT2D eigenvalue weighted by Crippen LogP contribution is -2.17. The van der Waals surface area contributed by atoms with Crippen LogP contribution in [-0.4, -0.2) is 47.7 Å². The first kappa shape index (κ1) is 13.2. The molecular weight excluding hydrogens is 290 g/mol. The van der Waals surface area contributed by atoms with Crippen LogP contribution in [0.1, 0.15) is 30.6 Å². The molecule has 2 aliphatic rings. The van der Waals surface area contributed by atoms with Gasteiger partial charge in [0.05, 0.1) is 24.2 Å².